The van der Waals surface area contributed by atoms with E-state index in [1.165, 1.54) is 32.5 Å². The molecule has 3 aliphatic rings. The van der Waals surface area contributed by atoms with Crippen LogP contribution in [0.15, 0.2) is 0 Å². The van der Waals surface area contributed by atoms with Gasteiger partial charge in [0.05, 0.1) is 6.54 Å². The maximum absolute atomic E-state index is 12.4. The predicted octanol–water partition coefficient (Wildman–Crippen LogP) is 1.24. The van der Waals surface area contributed by atoms with Gasteiger partial charge in [-0.25, -0.2) is 4.79 Å². The van der Waals surface area contributed by atoms with E-state index in [-0.39, 0.29) is 6.03 Å². The second-order valence-electron chi connectivity index (χ2n) is 7.38. The molecular formula is C17H28N6O. The van der Waals surface area contributed by atoms with Gasteiger partial charge in [-0.2, -0.15) is 0 Å². The maximum Gasteiger partial charge on any atom is 0.317 e. The number of piperidine rings is 1. The Labute approximate surface area is 143 Å². The number of carbonyl (C=O) groups excluding carboxylic acids is 1. The van der Waals surface area contributed by atoms with Crippen molar-refractivity contribution in [3.05, 3.63) is 11.6 Å². The molecule has 1 aromatic heterocycles. The van der Waals surface area contributed by atoms with E-state index < -0.39 is 0 Å². The summed E-state index contributed by atoms with van der Waals surface area (Å²) in [7, 11) is 0. The number of nitrogens with zero attached hydrogens (tertiary/aromatic N) is 5. The SMILES string of the molecule is O=C(NCc1nnc2n1CCC2)N1CCC(CN2CCCC2)CC1. The van der Waals surface area contributed by atoms with Gasteiger partial charge >= 0.3 is 6.03 Å². The number of fused-ring (bicyclic) bond motifs is 1. The molecule has 2 amide bonds. The second-order valence-corrected chi connectivity index (χ2v) is 7.38. The van der Waals surface area contributed by atoms with Crippen molar-refractivity contribution in [2.45, 2.75) is 51.6 Å². The topological polar surface area (TPSA) is 66.3 Å². The predicted molar refractivity (Wildman–Crippen MR) is 90.5 cm³/mol. The smallest absolute Gasteiger partial charge is 0.317 e. The molecule has 0 unspecified atom stereocenters. The highest BCUT2D eigenvalue weighted by Gasteiger charge is 2.25. The molecule has 0 bridgehead atoms. The van der Waals surface area contributed by atoms with Crippen LogP contribution in [-0.2, 0) is 19.5 Å². The van der Waals surface area contributed by atoms with Gasteiger partial charge in [-0.15, -0.1) is 10.2 Å². The lowest BCUT2D eigenvalue weighted by molar-refractivity contribution is 0.154. The number of nitrogens with one attached hydrogen (secondary N) is 1. The lowest BCUT2D eigenvalue weighted by atomic mass is 9.96. The van der Waals surface area contributed by atoms with Gasteiger partial charge in [0, 0.05) is 32.6 Å². The molecule has 7 heteroatoms. The monoisotopic (exact) mass is 332 g/mol. The highest BCUT2D eigenvalue weighted by Crippen LogP contribution is 2.21. The summed E-state index contributed by atoms with van der Waals surface area (Å²) in [6.07, 6.45) is 7.11. The number of likely N-dealkylation sites (tertiary alicyclic amines) is 2. The zero-order chi connectivity index (χ0) is 16.4. The summed E-state index contributed by atoms with van der Waals surface area (Å²) >= 11 is 0. The summed E-state index contributed by atoms with van der Waals surface area (Å²) in [5, 5.41) is 11.4. The summed E-state index contributed by atoms with van der Waals surface area (Å²) in [6, 6.07) is 0.0463. The molecule has 0 aliphatic carbocycles. The van der Waals surface area contributed by atoms with E-state index in [0.29, 0.717) is 6.54 Å². The van der Waals surface area contributed by atoms with Crippen LogP contribution in [0.25, 0.3) is 0 Å². The van der Waals surface area contributed by atoms with Crippen LogP contribution in [0, 0.1) is 5.92 Å². The number of hydrogen-bond donors (Lipinski definition) is 1. The molecule has 132 valence electrons. The Balaban J connectivity index is 1.21. The molecule has 0 aromatic carbocycles. The normalized spacial score (nSPS) is 22.1. The van der Waals surface area contributed by atoms with Crippen LogP contribution in [0.5, 0.6) is 0 Å². The maximum atomic E-state index is 12.4. The van der Waals surface area contributed by atoms with Crippen molar-refractivity contribution in [3.8, 4) is 0 Å². The Morgan fingerprint density at radius 1 is 1.04 bits per heavy atom. The van der Waals surface area contributed by atoms with Gasteiger partial charge in [-0.3, -0.25) is 0 Å². The lowest BCUT2D eigenvalue weighted by Gasteiger charge is -2.33. The molecule has 2 fully saturated rings. The molecule has 4 rings (SSSR count). The van der Waals surface area contributed by atoms with Crippen molar-refractivity contribution in [2.24, 2.45) is 5.92 Å². The molecule has 1 N–H and O–H groups in total. The molecule has 0 saturated carbocycles. The second kappa shape index (κ2) is 7.09. The first-order valence-electron chi connectivity index (χ1n) is 9.45. The number of rotatable bonds is 4. The van der Waals surface area contributed by atoms with Crippen LogP contribution < -0.4 is 5.32 Å². The first-order valence-corrected chi connectivity index (χ1v) is 9.45. The number of hydrogen-bond acceptors (Lipinski definition) is 4. The number of carbonyl (C=O) groups is 1. The van der Waals surface area contributed by atoms with Gasteiger partial charge in [0.1, 0.15) is 5.82 Å². The molecule has 7 nitrogen and oxygen atoms in total. The Hall–Kier alpha value is -1.63. The average Bonchev–Trinajstić information content (AvgIpc) is 3.32. The van der Waals surface area contributed by atoms with E-state index in [1.807, 2.05) is 4.90 Å². The molecular weight excluding hydrogens is 304 g/mol. The highest BCUT2D eigenvalue weighted by atomic mass is 16.2. The van der Waals surface area contributed by atoms with Crippen molar-refractivity contribution in [2.75, 3.05) is 32.7 Å². The molecule has 4 heterocycles. The fourth-order valence-electron chi connectivity index (χ4n) is 4.26. The molecule has 1 aromatic rings. The number of aromatic nitrogens is 3. The largest absolute Gasteiger partial charge is 0.331 e. The van der Waals surface area contributed by atoms with E-state index in [1.54, 1.807) is 0 Å². The molecule has 0 atom stereocenters. The summed E-state index contributed by atoms with van der Waals surface area (Å²) in [5.74, 6) is 2.70. The van der Waals surface area contributed by atoms with Crippen LogP contribution in [0.4, 0.5) is 4.79 Å². The van der Waals surface area contributed by atoms with E-state index in [2.05, 4.69) is 25.0 Å². The first kappa shape index (κ1) is 15.9. The van der Waals surface area contributed by atoms with Crippen LogP contribution in [-0.4, -0.2) is 63.3 Å². The Bertz CT molecular complexity index is 572. The molecule has 3 aliphatic heterocycles. The molecule has 2 saturated heterocycles. The van der Waals surface area contributed by atoms with E-state index in [4.69, 9.17) is 0 Å². The summed E-state index contributed by atoms with van der Waals surface area (Å²) in [6.45, 7) is 6.98. The number of urea groups is 1. The van der Waals surface area contributed by atoms with Gasteiger partial charge in [-0.05, 0) is 51.1 Å². The number of aryl methyl sites for hydroxylation is 1. The van der Waals surface area contributed by atoms with Gasteiger partial charge in [0.2, 0.25) is 0 Å². The van der Waals surface area contributed by atoms with Crippen LogP contribution in [0.2, 0.25) is 0 Å². The van der Waals surface area contributed by atoms with Crippen LogP contribution in [0.3, 0.4) is 0 Å². The third kappa shape index (κ3) is 3.41. The van der Waals surface area contributed by atoms with Crippen LogP contribution in [0.1, 0.15) is 43.8 Å². The van der Waals surface area contributed by atoms with E-state index in [9.17, 15) is 4.79 Å². The summed E-state index contributed by atoms with van der Waals surface area (Å²) < 4.78 is 2.14. The van der Waals surface area contributed by atoms with Gasteiger partial charge in [0.25, 0.3) is 0 Å². The van der Waals surface area contributed by atoms with Crippen molar-refractivity contribution < 1.29 is 4.79 Å². The summed E-state index contributed by atoms with van der Waals surface area (Å²) in [5.41, 5.74) is 0. The third-order valence-corrected chi connectivity index (χ3v) is 5.70. The summed E-state index contributed by atoms with van der Waals surface area (Å²) in [4.78, 5) is 16.9. The standard InChI is InChI=1S/C17H28N6O/c24-17(18-12-16-20-19-15-4-3-9-23(15)16)22-10-5-14(6-11-22)13-21-7-1-2-8-21/h14H,1-13H2,(H,18,24). The quantitative estimate of drug-likeness (QED) is 0.901. The zero-order valence-electron chi connectivity index (χ0n) is 14.4. The van der Waals surface area contributed by atoms with Crippen molar-refractivity contribution in [1.29, 1.82) is 0 Å². The zero-order valence-corrected chi connectivity index (χ0v) is 14.4. The fraction of sp³-hybridized carbons (Fsp3) is 0.824. The minimum Gasteiger partial charge on any atom is -0.331 e. The van der Waals surface area contributed by atoms with E-state index >= 15 is 0 Å². The van der Waals surface area contributed by atoms with Crippen LogP contribution >= 0.6 is 0 Å². The van der Waals surface area contributed by atoms with Gasteiger partial charge in [-0.1, -0.05) is 0 Å². The van der Waals surface area contributed by atoms with Crippen molar-refractivity contribution in [3.63, 3.8) is 0 Å². The van der Waals surface area contributed by atoms with Gasteiger partial charge < -0.3 is 19.7 Å². The molecule has 24 heavy (non-hydrogen) atoms. The van der Waals surface area contributed by atoms with Crippen molar-refractivity contribution >= 4 is 6.03 Å². The van der Waals surface area contributed by atoms with Crippen molar-refractivity contribution in [1.82, 2.24) is 29.9 Å². The Kier molecular flexibility index (Phi) is 4.69. The molecule has 0 spiro atoms. The molecule has 0 radical (unpaired) electrons. The Morgan fingerprint density at radius 3 is 2.62 bits per heavy atom. The fourth-order valence-corrected chi connectivity index (χ4v) is 4.26. The Morgan fingerprint density at radius 2 is 1.83 bits per heavy atom. The van der Waals surface area contributed by atoms with Gasteiger partial charge in [0.15, 0.2) is 5.82 Å². The minimum atomic E-state index is 0.0463. The third-order valence-electron chi connectivity index (χ3n) is 5.70. The number of amides is 2. The van der Waals surface area contributed by atoms with E-state index in [0.717, 1.165) is 62.9 Å². The minimum absolute atomic E-state index is 0.0463. The average molecular weight is 332 g/mol. The lowest BCUT2D eigenvalue weighted by Crippen LogP contribution is -2.45. The first-order chi connectivity index (χ1) is 11.8. The highest BCUT2D eigenvalue weighted by molar-refractivity contribution is 5.74.